The molecule has 1 aliphatic heterocycles. The molecule has 0 radical (unpaired) electrons. The van der Waals surface area contributed by atoms with Crippen molar-refractivity contribution >= 4 is 5.82 Å². The minimum absolute atomic E-state index is 0.562. The standard InChI is InChI=1S/C12H15N3/c1-13-8-6-11-5-4-7-14-12(11)15-9-2-3-10-15/h4-5,7H,2-3,6,8-10H2. The van der Waals surface area contributed by atoms with E-state index in [4.69, 9.17) is 6.57 Å². The van der Waals surface area contributed by atoms with Gasteiger partial charge in [-0.15, -0.1) is 0 Å². The van der Waals surface area contributed by atoms with Gasteiger partial charge in [0.15, 0.2) is 0 Å². The molecule has 2 heterocycles. The zero-order chi connectivity index (χ0) is 10.5. The largest absolute Gasteiger partial charge is 0.356 e. The highest BCUT2D eigenvalue weighted by molar-refractivity contribution is 5.47. The highest BCUT2D eigenvalue weighted by Crippen LogP contribution is 2.22. The highest BCUT2D eigenvalue weighted by atomic mass is 15.2. The van der Waals surface area contributed by atoms with Crippen LogP contribution in [0.25, 0.3) is 4.85 Å². The van der Waals surface area contributed by atoms with Crippen LogP contribution in [0.3, 0.4) is 0 Å². The van der Waals surface area contributed by atoms with E-state index < -0.39 is 0 Å². The highest BCUT2D eigenvalue weighted by Gasteiger charge is 2.16. The Bertz CT molecular complexity index is 361. The lowest BCUT2D eigenvalue weighted by atomic mass is 10.2. The van der Waals surface area contributed by atoms with E-state index in [9.17, 15) is 0 Å². The molecule has 1 aliphatic rings. The number of aromatic nitrogens is 1. The van der Waals surface area contributed by atoms with Gasteiger partial charge in [-0.3, -0.25) is 0 Å². The Hall–Kier alpha value is -1.56. The molecule has 0 unspecified atom stereocenters. The van der Waals surface area contributed by atoms with E-state index in [1.165, 1.54) is 18.4 Å². The van der Waals surface area contributed by atoms with Crippen LogP contribution < -0.4 is 4.90 Å². The minimum atomic E-state index is 0.562. The number of anilines is 1. The molecule has 0 atom stereocenters. The van der Waals surface area contributed by atoms with Crippen LogP contribution in [0.1, 0.15) is 18.4 Å². The number of rotatable bonds is 3. The van der Waals surface area contributed by atoms with Crippen LogP contribution in [0, 0.1) is 6.57 Å². The molecule has 0 aromatic carbocycles. The molecule has 0 aliphatic carbocycles. The fourth-order valence-electron chi connectivity index (χ4n) is 2.02. The molecule has 0 saturated carbocycles. The summed E-state index contributed by atoms with van der Waals surface area (Å²) in [4.78, 5) is 10.2. The summed E-state index contributed by atoms with van der Waals surface area (Å²) in [7, 11) is 0. The second kappa shape index (κ2) is 4.79. The van der Waals surface area contributed by atoms with E-state index >= 15 is 0 Å². The normalized spacial score (nSPS) is 15.3. The van der Waals surface area contributed by atoms with Gasteiger partial charge in [0.2, 0.25) is 6.54 Å². The van der Waals surface area contributed by atoms with E-state index in [0.717, 1.165) is 25.3 Å². The zero-order valence-electron chi connectivity index (χ0n) is 8.82. The first kappa shape index (κ1) is 9.97. The summed E-state index contributed by atoms with van der Waals surface area (Å²) in [5.74, 6) is 1.10. The van der Waals surface area contributed by atoms with Crippen molar-refractivity contribution in [3.63, 3.8) is 0 Å². The lowest BCUT2D eigenvalue weighted by Gasteiger charge is -2.18. The summed E-state index contributed by atoms with van der Waals surface area (Å²) in [5, 5.41) is 0. The third-order valence-electron chi connectivity index (χ3n) is 2.77. The van der Waals surface area contributed by atoms with Crippen LogP contribution in [0.2, 0.25) is 0 Å². The fraction of sp³-hybridized carbons (Fsp3) is 0.500. The van der Waals surface area contributed by atoms with Crippen molar-refractivity contribution in [3.8, 4) is 0 Å². The molecule has 2 rings (SSSR count). The molecule has 1 aromatic rings. The predicted molar refractivity (Wildman–Crippen MR) is 60.9 cm³/mol. The van der Waals surface area contributed by atoms with Gasteiger partial charge in [0.25, 0.3) is 0 Å². The molecule has 1 aromatic heterocycles. The molecule has 15 heavy (non-hydrogen) atoms. The Kier molecular flexibility index (Phi) is 3.18. The Morgan fingerprint density at radius 3 is 2.93 bits per heavy atom. The average Bonchev–Trinajstić information content (AvgIpc) is 2.80. The van der Waals surface area contributed by atoms with Crippen LogP contribution in [0.15, 0.2) is 18.3 Å². The third-order valence-corrected chi connectivity index (χ3v) is 2.77. The van der Waals surface area contributed by atoms with E-state index in [2.05, 4.69) is 20.8 Å². The maximum absolute atomic E-state index is 6.82. The number of hydrogen-bond donors (Lipinski definition) is 0. The van der Waals surface area contributed by atoms with Crippen molar-refractivity contribution in [2.45, 2.75) is 19.3 Å². The minimum Gasteiger partial charge on any atom is -0.356 e. The third kappa shape index (κ3) is 2.27. The van der Waals surface area contributed by atoms with Crippen LogP contribution in [0.5, 0.6) is 0 Å². The molecule has 0 bridgehead atoms. The van der Waals surface area contributed by atoms with Gasteiger partial charge in [0.05, 0.1) is 0 Å². The first-order valence-electron chi connectivity index (χ1n) is 5.44. The van der Waals surface area contributed by atoms with Gasteiger partial charge >= 0.3 is 0 Å². The van der Waals surface area contributed by atoms with Crippen LogP contribution in [-0.2, 0) is 6.42 Å². The monoisotopic (exact) mass is 201 g/mol. The van der Waals surface area contributed by atoms with E-state index in [0.29, 0.717) is 6.54 Å². The van der Waals surface area contributed by atoms with E-state index in [-0.39, 0.29) is 0 Å². The first-order valence-corrected chi connectivity index (χ1v) is 5.44. The molecule has 3 heteroatoms. The van der Waals surface area contributed by atoms with Gasteiger partial charge in [-0.2, -0.15) is 0 Å². The zero-order valence-corrected chi connectivity index (χ0v) is 8.82. The molecule has 1 fully saturated rings. The molecular weight excluding hydrogens is 186 g/mol. The molecule has 0 spiro atoms. The predicted octanol–water partition coefficient (Wildman–Crippen LogP) is 2.14. The molecular formula is C12H15N3. The van der Waals surface area contributed by atoms with E-state index in [1.807, 2.05) is 12.3 Å². The van der Waals surface area contributed by atoms with Crippen molar-refractivity contribution in [1.82, 2.24) is 4.98 Å². The molecule has 0 amide bonds. The van der Waals surface area contributed by atoms with Crippen molar-refractivity contribution in [1.29, 1.82) is 0 Å². The van der Waals surface area contributed by atoms with Gasteiger partial charge in [-0.1, -0.05) is 6.07 Å². The molecule has 1 saturated heterocycles. The lowest BCUT2D eigenvalue weighted by molar-refractivity contribution is 0.909. The summed E-state index contributed by atoms with van der Waals surface area (Å²) in [6.45, 7) is 9.61. The van der Waals surface area contributed by atoms with Gasteiger partial charge in [-0.25, -0.2) is 11.6 Å². The molecule has 0 N–H and O–H groups in total. The van der Waals surface area contributed by atoms with Gasteiger partial charge in [0.1, 0.15) is 5.82 Å². The summed E-state index contributed by atoms with van der Waals surface area (Å²) in [6, 6.07) is 4.05. The summed E-state index contributed by atoms with van der Waals surface area (Å²) in [6.07, 6.45) is 5.19. The summed E-state index contributed by atoms with van der Waals surface area (Å²) >= 11 is 0. The topological polar surface area (TPSA) is 20.5 Å². The second-order valence-corrected chi connectivity index (χ2v) is 3.81. The van der Waals surface area contributed by atoms with Crippen molar-refractivity contribution in [3.05, 3.63) is 35.3 Å². The molecule has 78 valence electrons. The van der Waals surface area contributed by atoms with Crippen molar-refractivity contribution < 1.29 is 0 Å². The smallest absolute Gasteiger partial charge is 0.218 e. The second-order valence-electron chi connectivity index (χ2n) is 3.81. The Labute approximate surface area is 90.6 Å². The van der Waals surface area contributed by atoms with Crippen LogP contribution in [-0.4, -0.2) is 24.6 Å². The maximum atomic E-state index is 6.82. The average molecular weight is 201 g/mol. The van der Waals surface area contributed by atoms with Crippen molar-refractivity contribution in [2.75, 3.05) is 24.5 Å². The number of pyridine rings is 1. The lowest BCUT2D eigenvalue weighted by Crippen LogP contribution is -2.20. The van der Waals surface area contributed by atoms with Gasteiger partial charge < -0.3 is 9.74 Å². The fourth-order valence-corrected chi connectivity index (χ4v) is 2.02. The van der Waals surface area contributed by atoms with Gasteiger partial charge in [-0.05, 0) is 18.9 Å². The Balaban J connectivity index is 2.17. The van der Waals surface area contributed by atoms with Crippen LogP contribution in [0.4, 0.5) is 5.82 Å². The van der Waals surface area contributed by atoms with Crippen LogP contribution >= 0.6 is 0 Å². The number of hydrogen-bond acceptors (Lipinski definition) is 2. The van der Waals surface area contributed by atoms with Crippen molar-refractivity contribution in [2.24, 2.45) is 0 Å². The SMILES string of the molecule is [C-]#[N+]CCc1cccnc1N1CCCC1. The Morgan fingerprint density at radius 1 is 1.40 bits per heavy atom. The maximum Gasteiger partial charge on any atom is 0.218 e. The van der Waals surface area contributed by atoms with E-state index in [1.54, 1.807) is 0 Å². The summed E-state index contributed by atoms with van der Waals surface area (Å²) < 4.78 is 0. The first-order chi connectivity index (χ1) is 7.42. The molecule has 3 nitrogen and oxygen atoms in total. The van der Waals surface area contributed by atoms with Gasteiger partial charge in [0, 0.05) is 31.3 Å². The number of nitrogens with zero attached hydrogens (tertiary/aromatic N) is 3. The Morgan fingerprint density at radius 2 is 2.20 bits per heavy atom. The summed E-state index contributed by atoms with van der Waals surface area (Å²) in [5.41, 5.74) is 1.22. The quantitative estimate of drug-likeness (QED) is 0.698.